The SMILES string of the molecule is CC(=O)OC[C@H]1O[C@H](c2ccc(Cl)cc2)C=C[C@@H]1OC(C)=O. The van der Waals surface area contributed by atoms with Crippen LogP contribution in [0.3, 0.4) is 0 Å². The van der Waals surface area contributed by atoms with E-state index in [1.54, 1.807) is 24.3 Å². The van der Waals surface area contributed by atoms with Gasteiger partial charge in [-0.3, -0.25) is 9.59 Å². The molecule has 1 heterocycles. The Hall–Kier alpha value is -1.85. The highest BCUT2D eigenvalue weighted by atomic mass is 35.5. The average molecular weight is 325 g/mol. The van der Waals surface area contributed by atoms with Crippen LogP contribution in [0.25, 0.3) is 0 Å². The number of rotatable bonds is 4. The molecule has 1 aliphatic heterocycles. The number of benzene rings is 1. The normalized spacial score (nSPS) is 23.9. The van der Waals surface area contributed by atoms with Gasteiger partial charge in [0, 0.05) is 18.9 Å². The third-order valence-electron chi connectivity index (χ3n) is 3.11. The maximum atomic E-state index is 11.2. The van der Waals surface area contributed by atoms with Crippen molar-refractivity contribution in [3.63, 3.8) is 0 Å². The van der Waals surface area contributed by atoms with Gasteiger partial charge in [0.2, 0.25) is 0 Å². The number of carbonyl (C=O) groups excluding carboxylic acids is 2. The molecule has 0 amide bonds. The monoisotopic (exact) mass is 324 g/mol. The molecule has 0 spiro atoms. The predicted octanol–water partition coefficient (Wildman–Crippen LogP) is 2.83. The van der Waals surface area contributed by atoms with Crippen molar-refractivity contribution in [2.45, 2.75) is 32.2 Å². The molecule has 0 N–H and O–H groups in total. The first kappa shape index (κ1) is 16.5. The lowest BCUT2D eigenvalue weighted by molar-refractivity contribution is -0.163. The van der Waals surface area contributed by atoms with Gasteiger partial charge in [0.15, 0.2) is 0 Å². The molecule has 0 saturated heterocycles. The standard InChI is InChI=1S/C16H17ClO5/c1-10(18)20-9-16-15(21-11(2)19)8-7-14(22-16)12-3-5-13(17)6-4-12/h3-8,14-16H,9H2,1-2H3/t14-,15-,16+/m0/s1. The van der Waals surface area contributed by atoms with Gasteiger partial charge in [-0.1, -0.05) is 29.8 Å². The summed E-state index contributed by atoms with van der Waals surface area (Å²) >= 11 is 5.87. The van der Waals surface area contributed by atoms with Crippen LogP contribution in [0.15, 0.2) is 36.4 Å². The van der Waals surface area contributed by atoms with Gasteiger partial charge in [-0.05, 0) is 23.8 Å². The van der Waals surface area contributed by atoms with E-state index in [2.05, 4.69) is 0 Å². The van der Waals surface area contributed by atoms with Crippen molar-refractivity contribution in [3.05, 3.63) is 47.0 Å². The Balaban J connectivity index is 2.13. The van der Waals surface area contributed by atoms with Crippen LogP contribution < -0.4 is 0 Å². The lowest BCUT2D eigenvalue weighted by Crippen LogP contribution is -2.39. The van der Waals surface area contributed by atoms with Crippen molar-refractivity contribution < 1.29 is 23.8 Å². The summed E-state index contributed by atoms with van der Waals surface area (Å²) in [7, 11) is 0. The maximum Gasteiger partial charge on any atom is 0.303 e. The van der Waals surface area contributed by atoms with Gasteiger partial charge in [-0.2, -0.15) is 0 Å². The Morgan fingerprint density at radius 3 is 2.41 bits per heavy atom. The average Bonchev–Trinajstić information content (AvgIpc) is 2.46. The topological polar surface area (TPSA) is 61.8 Å². The number of halogens is 1. The maximum absolute atomic E-state index is 11.2. The first-order chi connectivity index (χ1) is 10.5. The number of carbonyl (C=O) groups is 2. The van der Waals surface area contributed by atoms with Crippen LogP contribution in [0.2, 0.25) is 5.02 Å². The fourth-order valence-corrected chi connectivity index (χ4v) is 2.25. The molecule has 0 aliphatic carbocycles. The minimum absolute atomic E-state index is 0.0156. The number of hydrogen-bond acceptors (Lipinski definition) is 5. The van der Waals surface area contributed by atoms with E-state index in [1.165, 1.54) is 13.8 Å². The molecule has 1 aliphatic rings. The second kappa shape index (κ2) is 7.42. The van der Waals surface area contributed by atoms with Gasteiger partial charge in [-0.15, -0.1) is 0 Å². The van der Waals surface area contributed by atoms with E-state index in [-0.39, 0.29) is 12.7 Å². The van der Waals surface area contributed by atoms with Gasteiger partial charge in [0.05, 0.1) is 0 Å². The van der Waals surface area contributed by atoms with E-state index < -0.39 is 24.1 Å². The van der Waals surface area contributed by atoms with Crippen LogP contribution in [0.4, 0.5) is 0 Å². The zero-order valence-corrected chi connectivity index (χ0v) is 13.1. The molecular formula is C16H17ClO5. The van der Waals surface area contributed by atoms with E-state index in [1.807, 2.05) is 12.1 Å². The zero-order chi connectivity index (χ0) is 16.1. The van der Waals surface area contributed by atoms with E-state index in [4.69, 9.17) is 25.8 Å². The zero-order valence-electron chi connectivity index (χ0n) is 12.3. The van der Waals surface area contributed by atoms with Crippen LogP contribution in [0.1, 0.15) is 25.5 Å². The fraction of sp³-hybridized carbons (Fsp3) is 0.375. The van der Waals surface area contributed by atoms with E-state index in [0.29, 0.717) is 5.02 Å². The van der Waals surface area contributed by atoms with Crippen LogP contribution in [-0.2, 0) is 23.8 Å². The summed E-state index contributed by atoms with van der Waals surface area (Å²) in [6.45, 7) is 2.65. The van der Waals surface area contributed by atoms with Crippen molar-refractivity contribution in [3.8, 4) is 0 Å². The van der Waals surface area contributed by atoms with Crippen molar-refractivity contribution in [2.75, 3.05) is 6.61 Å². The van der Waals surface area contributed by atoms with E-state index in [0.717, 1.165) is 5.56 Å². The summed E-state index contributed by atoms with van der Waals surface area (Å²) in [5.74, 6) is -0.834. The Morgan fingerprint density at radius 1 is 1.14 bits per heavy atom. The van der Waals surface area contributed by atoms with Crippen LogP contribution in [0.5, 0.6) is 0 Å². The van der Waals surface area contributed by atoms with Crippen molar-refractivity contribution in [1.82, 2.24) is 0 Å². The number of ether oxygens (including phenoxy) is 3. The summed E-state index contributed by atoms with van der Waals surface area (Å²) in [6, 6.07) is 7.25. The molecule has 1 aromatic rings. The molecule has 0 unspecified atom stereocenters. The third-order valence-corrected chi connectivity index (χ3v) is 3.37. The molecule has 0 saturated carbocycles. The van der Waals surface area contributed by atoms with Crippen molar-refractivity contribution in [1.29, 1.82) is 0 Å². The minimum atomic E-state index is -0.583. The van der Waals surface area contributed by atoms with Gasteiger partial charge in [0.25, 0.3) is 0 Å². The second-order valence-electron chi connectivity index (χ2n) is 4.91. The largest absolute Gasteiger partial charge is 0.463 e. The second-order valence-corrected chi connectivity index (χ2v) is 5.34. The fourth-order valence-electron chi connectivity index (χ4n) is 2.13. The quantitative estimate of drug-likeness (QED) is 0.629. The van der Waals surface area contributed by atoms with Crippen LogP contribution in [-0.4, -0.2) is 30.8 Å². The highest BCUT2D eigenvalue weighted by Crippen LogP contribution is 2.28. The van der Waals surface area contributed by atoms with Crippen LogP contribution in [0, 0.1) is 0 Å². The van der Waals surface area contributed by atoms with Crippen molar-refractivity contribution in [2.24, 2.45) is 0 Å². The van der Waals surface area contributed by atoms with Gasteiger partial charge in [-0.25, -0.2) is 0 Å². The Kier molecular flexibility index (Phi) is 5.57. The molecule has 118 valence electrons. The highest BCUT2D eigenvalue weighted by molar-refractivity contribution is 6.30. The molecular weight excluding hydrogens is 308 g/mol. The molecule has 1 aromatic carbocycles. The summed E-state index contributed by atoms with van der Waals surface area (Å²) in [4.78, 5) is 22.1. The van der Waals surface area contributed by atoms with Gasteiger partial charge < -0.3 is 14.2 Å². The molecule has 0 aromatic heterocycles. The van der Waals surface area contributed by atoms with Gasteiger partial charge >= 0.3 is 11.9 Å². The summed E-state index contributed by atoms with van der Waals surface area (Å²) in [5, 5.41) is 0.637. The highest BCUT2D eigenvalue weighted by Gasteiger charge is 2.31. The molecule has 0 radical (unpaired) electrons. The molecule has 0 bridgehead atoms. The summed E-state index contributed by atoms with van der Waals surface area (Å²) in [5.41, 5.74) is 0.912. The Morgan fingerprint density at radius 2 is 1.82 bits per heavy atom. The molecule has 0 fully saturated rings. The molecule has 3 atom stereocenters. The molecule has 2 rings (SSSR count). The number of esters is 2. The Labute approximate surface area is 133 Å². The molecule has 6 heteroatoms. The molecule has 5 nitrogen and oxygen atoms in total. The van der Waals surface area contributed by atoms with Crippen LogP contribution >= 0.6 is 11.6 Å². The lowest BCUT2D eigenvalue weighted by atomic mass is 10.0. The lowest BCUT2D eigenvalue weighted by Gasteiger charge is -2.31. The Bertz CT molecular complexity index is 566. The number of hydrogen-bond donors (Lipinski definition) is 0. The minimum Gasteiger partial charge on any atom is -0.463 e. The summed E-state index contributed by atoms with van der Waals surface area (Å²) < 4.78 is 16.1. The van der Waals surface area contributed by atoms with Gasteiger partial charge in [0.1, 0.15) is 24.9 Å². The predicted molar refractivity (Wildman–Crippen MR) is 80.4 cm³/mol. The third kappa shape index (κ3) is 4.58. The van der Waals surface area contributed by atoms with E-state index in [9.17, 15) is 9.59 Å². The van der Waals surface area contributed by atoms with Crippen molar-refractivity contribution >= 4 is 23.5 Å². The molecule has 22 heavy (non-hydrogen) atoms. The summed E-state index contributed by atoms with van der Waals surface area (Å²) in [6.07, 6.45) is 2.10. The first-order valence-electron chi connectivity index (χ1n) is 6.85. The smallest absolute Gasteiger partial charge is 0.303 e. The first-order valence-corrected chi connectivity index (χ1v) is 7.23. The van der Waals surface area contributed by atoms with E-state index >= 15 is 0 Å².